The van der Waals surface area contributed by atoms with Gasteiger partial charge in [-0.1, -0.05) is 0 Å². The van der Waals surface area contributed by atoms with E-state index in [0.717, 1.165) is 57.4 Å². The Kier molecular flexibility index (Phi) is 4.76. The van der Waals surface area contributed by atoms with Crippen LogP contribution in [0.5, 0.6) is 0 Å². The number of amides is 1. The first kappa shape index (κ1) is 17.2. The van der Waals surface area contributed by atoms with E-state index in [1.54, 1.807) is 12.4 Å². The predicted molar refractivity (Wildman–Crippen MR) is 99.0 cm³/mol. The lowest BCUT2D eigenvalue weighted by atomic mass is 9.79. The van der Waals surface area contributed by atoms with Crippen molar-refractivity contribution in [2.45, 2.75) is 38.8 Å². The summed E-state index contributed by atoms with van der Waals surface area (Å²) in [6, 6.07) is 6.08. The summed E-state index contributed by atoms with van der Waals surface area (Å²) < 4.78 is 1.94. The molecule has 1 amide bonds. The molecule has 138 valence electrons. The quantitative estimate of drug-likeness (QED) is 0.846. The highest BCUT2D eigenvalue weighted by Gasteiger charge is 2.46. The fourth-order valence-corrected chi connectivity index (χ4v) is 4.41. The minimum absolute atomic E-state index is 0.145. The lowest BCUT2D eigenvalue weighted by Gasteiger charge is -2.27. The molecular formula is C20H27N5O. The fraction of sp³-hybridized carbons (Fsp3) is 0.550. The molecule has 26 heavy (non-hydrogen) atoms. The van der Waals surface area contributed by atoms with Crippen molar-refractivity contribution >= 4 is 5.91 Å². The molecule has 2 aromatic rings. The second kappa shape index (κ2) is 7.19. The molecule has 0 aromatic carbocycles. The molecule has 2 fully saturated rings. The predicted octanol–water partition coefficient (Wildman–Crippen LogP) is 2.22. The number of nitrogens with zero attached hydrogens (tertiary/aromatic N) is 5. The van der Waals surface area contributed by atoms with Gasteiger partial charge in [0.05, 0.1) is 11.1 Å². The first-order chi connectivity index (χ1) is 12.7. The standard InChI is InChI=1S/C20H27N5O/c1-23-18(5-11-22-23)16-24-12-2-6-20(7-13-24)8-14-25(19(20)26)15-17-3-9-21-10-4-17/h3-5,9-11H,2,6-8,12-16H2,1H3/t20-/m0/s1. The van der Waals surface area contributed by atoms with Gasteiger partial charge in [0.25, 0.3) is 0 Å². The van der Waals surface area contributed by atoms with Crippen LogP contribution in [0, 0.1) is 5.41 Å². The van der Waals surface area contributed by atoms with Crippen molar-refractivity contribution in [3.63, 3.8) is 0 Å². The average Bonchev–Trinajstić information content (AvgIpc) is 3.10. The van der Waals surface area contributed by atoms with Crippen LogP contribution in [0.3, 0.4) is 0 Å². The van der Waals surface area contributed by atoms with E-state index in [9.17, 15) is 4.79 Å². The van der Waals surface area contributed by atoms with E-state index in [2.05, 4.69) is 21.0 Å². The van der Waals surface area contributed by atoms with Crippen LogP contribution < -0.4 is 0 Å². The molecule has 2 aliphatic rings. The van der Waals surface area contributed by atoms with Gasteiger partial charge in [-0.25, -0.2) is 0 Å². The van der Waals surface area contributed by atoms with Crippen LogP contribution in [0.1, 0.15) is 36.9 Å². The molecular weight excluding hydrogens is 326 g/mol. The summed E-state index contributed by atoms with van der Waals surface area (Å²) >= 11 is 0. The number of hydrogen-bond donors (Lipinski definition) is 0. The van der Waals surface area contributed by atoms with Crippen LogP contribution >= 0.6 is 0 Å². The highest BCUT2D eigenvalue weighted by atomic mass is 16.2. The molecule has 2 aromatic heterocycles. The van der Waals surface area contributed by atoms with Gasteiger partial charge in [-0.3, -0.25) is 19.4 Å². The maximum Gasteiger partial charge on any atom is 0.229 e. The molecule has 1 spiro atoms. The van der Waals surface area contributed by atoms with Crippen molar-refractivity contribution in [3.8, 4) is 0 Å². The SMILES string of the molecule is Cn1nccc1CN1CCC[C@]2(CC1)CCN(Cc1ccncc1)C2=O. The average molecular weight is 353 g/mol. The summed E-state index contributed by atoms with van der Waals surface area (Å²) in [5.41, 5.74) is 2.25. The van der Waals surface area contributed by atoms with Gasteiger partial charge >= 0.3 is 0 Å². The lowest BCUT2D eigenvalue weighted by molar-refractivity contribution is -0.137. The van der Waals surface area contributed by atoms with Crippen LogP contribution in [0.2, 0.25) is 0 Å². The second-order valence-corrected chi connectivity index (χ2v) is 7.69. The van der Waals surface area contributed by atoms with Gasteiger partial charge in [-0.05, 0) is 62.5 Å². The molecule has 6 heteroatoms. The summed E-state index contributed by atoms with van der Waals surface area (Å²) in [5, 5.41) is 4.26. The van der Waals surface area contributed by atoms with Gasteiger partial charge in [0.15, 0.2) is 0 Å². The van der Waals surface area contributed by atoms with Crippen molar-refractivity contribution in [1.29, 1.82) is 0 Å². The summed E-state index contributed by atoms with van der Waals surface area (Å²) in [6.07, 6.45) is 9.52. The molecule has 0 saturated carbocycles. The molecule has 6 nitrogen and oxygen atoms in total. The van der Waals surface area contributed by atoms with Crippen LogP contribution in [0.4, 0.5) is 0 Å². The summed E-state index contributed by atoms with van der Waals surface area (Å²) in [5.74, 6) is 0.358. The van der Waals surface area contributed by atoms with E-state index in [-0.39, 0.29) is 5.41 Å². The maximum absolute atomic E-state index is 13.2. The second-order valence-electron chi connectivity index (χ2n) is 7.69. The highest BCUT2D eigenvalue weighted by Crippen LogP contribution is 2.42. The van der Waals surface area contributed by atoms with Crippen molar-refractivity contribution in [3.05, 3.63) is 48.0 Å². The first-order valence-electron chi connectivity index (χ1n) is 9.54. The topological polar surface area (TPSA) is 54.3 Å². The number of pyridine rings is 1. The number of aryl methyl sites for hydroxylation is 1. The largest absolute Gasteiger partial charge is 0.338 e. The normalized spacial score (nSPS) is 24.3. The minimum atomic E-state index is -0.145. The smallest absolute Gasteiger partial charge is 0.229 e. The number of aromatic nitrogens is 3. The zero-order valence-corrected chi connectivity index (χ0v) is 15.5. The van der Waals surface area contributed by atoms with E-state index < -0.39 is 0 Å². The molecule has 0 bridgehead atoms. The maximum atomic E-state index is 13.2. The van der Waals surface area contributed by atoms with Gasteiger partial charge in [0, 0.05) is 45.3 Å². The van der Waals surface area contributed by atoms with E-state index in [4.69, 9.17) is 0 Å². The summed E-state index contributed by atoms with van der Waals surface area (Å²) in [6.45, 7) is 4.55. The van der Waals surface area contributed by atoms with Crippen LogP contribution in [0.15, 0.2) is 36.8 Å². The van der Waals surface area contributed by atoms with E-state index in [1.165, 1.54) is 5.69 Å². The van der Waals surface area contributed by atoms with E-state index in [1.807, 2.05) is 35.0 Å². The monoisotopic (exact) mass is 353 g/mol. The summed E-state index contributed by atoms with van der Waals surface area (Å²) in [4.78, 5) is 21.8. The van der Waals surface area contributed by atoms with Gasteiger partial charge < -0.3 is 4.90 Å². The number of rotatable bonds is 4. The van der Waals surface area contributed by atoms with Gasteiger partial charge in [0.1, 0.15) is 0 Å². The first-order valence-corrected chi connectivity index (χ1v) is 9.54. The Morgan fingerprint density at radius 3 is 2.58 bits per heavy atom. The number of carbonyl (C=O) groups is 1. The van der Waals surface area contributed by atoms with Crippen LogP contribution in [0.25, 0.3) is 0 Å². The van der Waals surface area contributed by atoms with Crippen molar-refractivity contribution < 1.29 is 4.79 Å². The summed E-state index contributed by atoms with van der Waals surface area (Å²) in [7, 11) is 1.99. The Balaban J connectivity index is 1.40. The third kappa shape index (κ3) is 3.38. The highest BCUT2D eigenvalue weighted by molar-refractivity contribution is 5.84. The zero-order valence-electron chi connectivity index (χ0n) is 15.5. The number of likely N-dealkylation sites (tertiary alicyclic amines) is 2. The number of hydrogen-bond acceptors (Lipinski definition) is 4. The third-order valence-corrected chi connectivity index (χ3v) is 6.07. The minimum Gasteiger partial charge on any atom is -0.338 e. The molecule has 1 atom stereocenters. The number of carbonyl (C=O) groups excluding carboxylic acids is 1. The molecule has 2 aliphatic heterocycles. The van der Waals surface area contributed by atoms with Crippen LogP contribution in [-0.4, -0.2) is 50.1 Å². The van der Waals surface area contributed by atoms with Gasteiger partial charge in [-0.2, -0.15) is 5.10 Å². The lowest BCUT2D eigenvalue weighted by Crippen LogP contribution is -2.35. The Hall–Kier alpha value is -2.21. The van der Waals surface area contributed by atoms with Crippen molar-refractivity contribution in [1.82, 2.24) is 24.6 Å². The third-order valence-electron chi connectivity index (χ3n) is 6.07. The molecule has 4 heterocycles. The fourth-order valence-electron chi connectivity index (χ4n) is 4.41. The molecule has 4 rings (SSSR count). The Labute approximate surface area is 154 Å². The van der Waals surface area contributed by atoms with Gasteiger partial charge in [-0.15, -0.1) is 0 Å². The molecule has 0 aliphatic carbocycles. The Morgan fingerprint density at radius 2 is 1.81 bits per heavy atom. The zero-order chi connectivity index (χ0) is 18.0. The molecule has 2 saturated heterocycles. The molecule has 0 N–H and O–H groups in total. The van der Waals surface area contributed by atoms with Crippen molar-refractivity contribution in [2.75, 3.05) is 19.6 Å². The molecule has 0 unspecified atom stereocenters. The Morgan fingerprint density at radius 1 is 1.00 bits per heavy atom. The van der Waals surface area contributed by atoms with Crippen molar-refractivity contribution in [2.24, 2.45) is 12.5 Å². The van der Waals surface area contributed by atoms with Gasteiger partial charge in [0.2, 0.25) is 5.91 Å². The van der Waals surface area contributed by atoms with E-state index in [0.29, 0.717) is 12.5 Å². The molecule has 0 radical (unpaired) electrons. The van der Waals surface area contributed by atoms with E-state index >= 15 is 0 Å². The van der Waals surface area contributed by atoms with Crippen LogP contribution in [-0.2, 0) is 24.9 Å². The Bertz CT molecular complexity index is 759.